The second-order valence-corrected chi connectivity index (χ2v) is 7.42. The number of rotatable bonds is 7. The van der Waals surface area contributed by atoms with E-state index in [2.05, 4.69) is 6.92 Å². The van der Waals surface area contributed by atoms with Crippen molar-refractivity contribution in [2.75, 3.05) is 16.6 Å². The van der Waals surface area contributed by atoms with Crippen LogP contribution in [-0.2, 0) is 14.4 Å². The number of carbonyl (C=O) groups is 2. The number of ether oxygens (including phenoxy) is 1. The van der Waals surface area contributed by atoms with Crippen LogP contribution in [0, 0.1) is 5.92 Å². The molecule has 0 bridgehead atoms. The smallest absolute Gasteiger partial charge is 0.266 e. The number of benzene rings is 2. The molecule has 0 aromatic heterocycles. The van der Waals surface area contributed by atoms with Crippen molar-refractivity contribution in [1.82, 2.24) is 0 Å². The van der Waals surface area contributed by atoms with Crippen molar-refractivity contribution in [3.05, 3.63) is 54.6 Å². The Balaban J connectivity index is 1.59. The van der Waals surface area contributed by atoms with Gasteiger partial charge >= 0.3 is 0 Å². The molecule has 0 aliphatic carbocycles. The Labute approximate surface area is 171 Å². The molecular formula is C23H26N2O4. The van der Waals surface area contributed by atoms with Gasteiger partial charge in [-0.1, -0.05) is 38.5 Å². The number of carbonyl (C=O) groups excluding carboxylic acids is 2. The molecular weight excluding hydrogens is 368 g/mol. The first kappa shape index (κ1) is 19.5. The molecule has 4 rings (SSSR count). The van der Waals surface area contributed by atoms with Crippen molar-refractivity contribution >= 4 is 23.2 Å². The summed E-state index contributed by atoms with van der Waals surface area (Å²) in [5.41, 5.74) is 1.42. The third-order valence-electron chi connectivity index (χ3n) is 5.40. The van der Waals surface area contributed by atoms with Gasteiger partial charge in [-0.3, -0.25) is 14.4 Å². The molecule has 0 unspecified atom stereocenters. The van der Waals surface area contributed by atoms with Crippen molar-refractivity contribution in [3.8, 4) is 5.75 Å². The third kappa shape index (κ3) is 3.49. The van der Waals surface area contributed by atoms with Gasteiger partial charge in [-0.15, -0.1) is 0 Å². The van der Waals surface area contributed by atoms with Crippen LogP contribution >= 0.6 is 0 Å². The summed E-state index contributed by atoms with van der Waals surface area (Å²) in [6.07, 6.45) is 1.80. The predicted molar refractivity (Wildman–Crippen MR) is 111 cm³/mol. The maximum atomic E-state index is 13.3. The fraction of sp³-hybridized carbons (Fsp3) is 0.391. The van der Waals surface area contributed by atoms with Crippen LogP contribution in [0.2, 0.25) is 0 Å². The Morgan fingerprint density at radius 1 is 0.897 bits per heavy atom. The lowest BCUT2D eigenvalue weighted by Gasteiger charge is -2.28. The highest BCUT2D eigenvalue weighted by Crippen LogP contribution is 2.41. The number of imide groups is 1. The van der Waals surface area contributed by atoms with Crippen LogP contribution in [-0.4, -0.2) is 30.6 Å². The molecule has 29 heavy (non-hydrogen) atoms. The molecule has 0 saturated carbocycles. The van der Waals surface area contributed by atoms with Crippen molar-refractivity contribution in [1.29, 1.82) is 0 Å². The van der Waals surface area contributed by atoms with Crippen LogP contribution in [0.4, 0.5) is 11.4 Å². The molecule has 2 aromatic carbocycles. The Kier molecular flexibility index (Phi) is 5.53. The highest BCUT2D eigenvalue weighted by atomic mass is 16.7. The lowest BCUT2D eigenvalue weighted by atomic mass is 9.93. The van der Waals surface area contributed by atoms with Gasteiger partial charge in [0, 0.05) is 0 Å². The number of hydrogen-bond acceptors (Lipinski definition) is 5. The molecule has 2 fully saturated rings. The molecule has 6 nitrogen and oxygen atoms in total. The number of hydroxylamine groups is 1. The summed E-state index contributed by atoms with van der Waals surface area (Å²) in [7, 11) is 0. The second-order valence-electron chi connectivity index (χ2n) is 7.42. The molecule has 2 aliphatic heterocycles. The minimum atomic E-state index is -0.782. The lowest BCUT2D eigenvalue weighted by Crippen LogP contribution is -2.40. The molecule has 2 aromatic rings. The van der Waals surface area contributed by atoms with E-state index in [0.717, 1.165) is 30.7 Å². The monoisotopic (exact) mass is 394 g/mol. The normalized spacial score (nSPS) is 23.6. The standard InChI is InChI=1S/C23H26N2O4/c1-3-8-19-20-21(29-25(19)17-9-6-5-7-10-17)23(27)24(22(20)26)16-11-13-18(14-12-16)28-15-4-2/h5-7,9-14,19-21H,3-4,8,15H2,1-2H3/t19-,20+,21+/m0/s1. The summed E-state index contributed by atoms with van der Waals surface area (Å²) < 4.78 is 5.59. The molecule has 6 heteroatoms. The van der Waals surface area contributed by atoms with Crippen LogP contribution < -0.4 is 14.7 Å². The Morgan fingerprint density at radius 3 is 2.28 bits per heavy atom. The number of hydrogen-bond donors (Lipinski definition) is 0. The van der Waals surface area contributed by atoms with Crippen LogP contribution in [0.15, 0.2) is 54.6 Å². The molecule has 0 spiro atoms. The number of nitrogens with zero attached hydrogens (tertiary/aromatic N) is 2. The highest BCUT2D eigenvalue weighted by molar-refractivity contribution is 6.23. The van der Waals surface area contributed by atoms with E-state index in [9.17, 15) is 9.59 Å². The molecule has 152 valence electrons. The van der Waals surface area contributed by atoms with E-state index < -0.39 is 12.0 Å². The number of fused-ring (bicyclic) bond motifs is 1. The maximum Gasteiger partial charge on any atom is 0.266 e. The molecule has 2 saturated heterocycles. The van der Waals surface area contributed by atoms with Crippen molar-refractivity contribution < 1.29 is 19.2 Å². The fourth-order valence-electron chi connectivity index (χ4n) is 4.08. The van der Waals surface area contributed by atoms with Gasteiger partial charge in [0.2, 0.25) is 5.91 Å². The minimum absolute atomic E-state index is 0.166. The molecule has 0 N–H and O–H groups in total. The SMILES string of the molecule is CCCOc1ccc(N2C(=O)[C@H]3[C@@H](ON(c4ccccc4)[C@H]3CCC)C2=O)cc1. The molecule has 0 radical (unpaired) electrons. The Bertz CT molecular complexity index is 868. The summed E-state index contributed by atoms with van der Waals surface area (Å²) in [5.74, 6) is -0.273. The van der Waals surface area contributed by atoms with Gasteiger partial charge in [0.05, 0.1) is 29.9 Å². The summed E-state index contributed by atoms with van der Waals surface area (Å²) in [6, 6.07) is 16.6. The lowest BCUT2D eigenvalue weighted by molar-refractivity contribution is -0.126. The van der Waals surface area contributed by atoms with E-state index in [4.69, 9.17) is 9.57 Å². The fourth-order valence-corrected chi connectivity index (χ4v) is 4.08. The zero-order chi connectivity index (χ0) is 20.4. The van der Waals surface area contributed by atoms with E-state index >= 15 is 0 Å². The van der Waals surface area contributed by atoms with E-state index in [1.165, 1.54) is 4.90 Å². The quantitative estimate of drug-likeness (QED) is 0.666. The summed E-state index contributed by atoms with van der Waals surface area (Å²) in [4.78, 5) is 33.7. The van der Waals surface area contributed by atoms with Crippen LogP contribution in [0.3, 0.4) is 0 Å². The number of para-hydroxylation sites is 1. The van der Waals surface area contributed by atoms with E-state index in [1.807, 2.05) is 37.3 Å². The Morgan fingerprint density at radius 2 is 1.62 bits per heavy atom. The van der Waals surface area contributed by atoms with Gasteiger partial charge in [-0.25, -0.2) is 9.96 Å². The summed E-state index contributed by atoms with van der Waals surface area (Å²) in [6.45, 7) is 4.75. The first-order valence-electron chi connectivity index (χ1n) is 10.3. The zero-order valence-corrected chi connectivity index (χ0v) is 16.8. The van der Waals surface area contributed by atoms with E-state index in [-0.39, 0.29) is 17.9 Å². The van der Waals surface area contributed by atoms with Gasteiger partial charge in [-0.2, -0.15) is 0 Å². The van der Waals surface area contributed by atoms with Gasteiger partial charge in [0.25, 0.3) is 5.91 Å². The first-order chi connectivity index (χ1) is 14.2. The number of amides is 2. The van der Waals surface area contributed by atoms with Crippen LogP contribution in [0.1, 0.15) is 33.1 Å². The van der Waals surface area contributed by atoms with Crippen molar-refractivity contribution in [2.24, 2.45) is 5.92 Å². The largest absolute Gasteiger partial charge is 0.494 e. The molecule has 2 amide bonds. The number of anilines is 2. The molecule has 3 atom stereocenters. The van der Waals surface area contributed by atoms with E-state index in [0.29, 0.717) is 12.3 Å². The zero-order valence-electron chi connectivity index (χ0n) is 16.8. The van der Waals surface area contributed by atoms with Crippen molar-refractivity contribution in [2.45, 2.75) is 45.3 Å². The average Bonchev–Trinajstić information content (AvgIpc) is 3.24. The van der Waals surface area contributed by atoms with Gasteiger partial charge in [0.1, 0.15) is 5.75 Å². The maximum absolute atomic E-state index is 13.3. The van der Waals surface area contributed by atoms with E-state index in [1.54, 1.807) is 29.3 Å². The summed E-state index contributed by atoms with van der Waals surface area (Å²) >= 11 is 0. The topological polar surface area (TPSA) is 59.1 Å². The highest BCUT2D eigenvalue weighted by Gasteiger charge is 2.59. The third-order valence-corrected chi connectivity index (χ3v) is 5.40. The first-order valence-corrected chi connectivity index (χ1v) is 10.3. The van der Waals surface area contributed by atoms with Crippen LogP contribution in [0.25, 0.3) is 0 Å². The van der Waals surface area contributed by atoms with Crippen LogP contribution in [0.5, 0.6) is 5.75 Å². The molecule has 2 heterocycles. The summed E-state index contributed by atoms with van der Waals surface area (Å²) in [5, 5.41) is 1.76. The minimum Gasteiger partial charge on any atom is -0.494 e. The Hall–Kier alpha value is -2.86. The average molecular weight is 394 g/mol. The van der Waals surface area contributed by atoms with Crippen molar-refractivity contribution in [3.63, 3.8) is 0 Å². The van der Waals surface area contributed by atoms with Gasteiger partial charge < -0.3 is 4.74 Å². The molecule has 2 aliphatic rings. The second kappa shape index (κ2) is 8.25. The van der Waals surface area contributed by atoms with Gasteiger partial charge in [-0.05, 0) is 49.2 Å². The predicted octanol–water partition coefficient (Wildman–Crippen LogP) is 3.95. The van der Waals surface area contributed by atoms with Gasteiger partial charge in [0.15, 0.2) is 6.10 Å².